The van der Waals surface area contributed by atoms with E-state index >= 15 is 0 Å². The molecule has 0 fully saturated rings. The van der Waals surface area contributed by atoms with Gasteiger partial charge in [-0.25, -0.2) is 4.68 Å². The maximum absolute atomic E-state index is 13.7. The molecule has 0 spiro atoms. The van der Waals surface area contributed by atoms with Crippen LogP contribution in [0.25, 0.3) is 16.9 Å². The topological polar surface area (TPSA) is 76.5 Å². The van der Waals surface area contributed by atoms with E-state index in [-0.39, 0.29) is 29.4 Å². The maximum Gasteiger partial charge on any atom is 0.240 e. The van der Waals surface area contributed by atoms with E-state index in [0.717, 1.165) is 33.1 Å². The summed E-state index contributed by atoms with van der Waals surface area (Å²) in [5, 5.41) is 10.0. The maximum atomic E-state index is 13.7. The molecule has 0 saturated heterocycles. The molecular weight excluding hydrogens is 516 g/mol. The highest BCUT2D eigenvalue weighted by atomic mass is 32.2. The van der Waals surface area contributed by atoms with Crippen molar-refractivity contribution in [1.29, 1.82) is 0 Å². The Balaban J connectivity index is 1.73. The van der Waals surface area contributed by atoms with Gasteiger partial charge >= 0.3 is 0 Å². The molecule has 1 atom stereocenters. The molecule has 0 unspecified atom stereocenters. The number of nitrogens with one attached hydrogen (secondary N) is 1. The smallest absolute Gasteiger partial charge is 0.240 e. The predicted molar refractivity (Wildman–Crippen MR) is 154 cm³/mol. The molecule has 0 aliphatic carbocycles. The van der Waals surface area contributed by atoms with Gasteiger partial charge in [-0.05, 0) is 41.6 Å². The Hall–Kier alpha value is -3.56. The predicted octanol–water partition coefficient (Wildman–Crippen LogP) is 5.55. The molecule has 1 aliphatic rings. The molecule has 2 aromatic heterocycles. The number of thiophene rings is 1. The van der Waals surface area contributed by atoms with Gasteiger partial charge in [0, 0.05) is 22.5 Å². The lowest BCUT2D eigenvalue weighted by Crippen LogP contribution is -2.43. The molecule has 3 heterocycles. The quantitative estimate of drug-likeness (QED) is 0.314. The molecule has 9 heteroatoms. The summed E-state index contributed by atoms with van der Waals surface area (Å²) in [7, 11) is 1.63. The lowest BCUT2D eigenvalue weighted by molar-refractivity contribution is -0.123. The molecule has 1 N–H and O–H groups in total. The number of ether oxygens (including phenoxy) is 1. The minimum atomic E-state index is -0.193. The Bertz CT molecular complexity index is 1400. The average molecular weight is 547 g/mol. The number of carbonyl (C=O) groups is 2. The van der Waals surface area contributed by atoms with Gasteiger partial charge in [-0.3, -0.25) is 14.5 Å². The lowest BCUT2D eigenvalue weighted by atomic mass is 10.0. The van der Waals surface area contributed by atoms with Crippen LogP contribution in [0, 0.1) is 5.92 Å². The second kappa shape index (κ2) is 11.4. The van der Waals surface area contributed by atoms with Crippen molar-refractivity contribution in [1.82, 2.24) is 15.1 Å². The molecule has 2 amide bonds. The minimum Gasteiger partial charge on any atom is -0.497 e. The number of benzene rings is 2. The summed E-state index contributed by atoms with van der Waals surface area (Å²) < 4.78 is 7.17. The zero-order valence-corrected chi connectivity index (χ0v) is 23.2. The van der Waals surface area contributed by atoms with E-state index in [1.807, 2.05) is 74.5 Å². The van der Waals surface area contributed by atoms with Crippen LogP contribution in [0.15, 0.2) is 72.1 Å². The van der Waals surface area contributed by atoms with Crippen molar-refractivity contribution in [2.24, 2.45) is 5.92 Å². The highest BCUT2D eigenvalue weighted by Gasteiger charge is 2.38. The fraction of sp³-hybridized carbons (Fsp3) is 0.276. The van der Waals surface area contributed by atoms with Crippen LogP contribution in [-0.2, 0) is 9.59 Å². The second-order valence-corrected chi connectivity index (χ2v) is 11.5. The molecule has 38 heavy (non-hydrogen) atoms. The summed E-state index contributed by atoms with van der Waals surface area (Å²) in [6.45, 7) is 4.56. The molecule has 0 radical (unpaired) electrons. The minimum absolute atomic E-state index is 0.0770. The normalized spacial score (nSPS) is 15.3. The third-order valence-electron chi connectivity index (χ3n) is 6.26. The number of carbonyl (C=O) groups excluding carboxylic acids is 2. The fourth-order valence-electron chi connectivity index (χ4n) is 4.41. The van der Waals surface area contributed by atoms with Crippen molar-refractivity contribution in [2.45, 2.75) is 19.1 Å². The zero-order chi connectivity index (χ0) is 26.6. The van der Waals surface area contributed by atoms with Gasteiger partial charge in [0.25, 0.3) is 0 Å². The summed E-state index contributed by atoms with van der Waals surface area (Å²) in [5.41, 5.74) is 3.46. The second-order valence-electron chi connectivity index (χ2n) is 9.45. The van der Waals surface area contributed by atoms with E-state index in [4.69, 9.17) is 9.84 Å². The largest absolute Gasteiger partial charge is 0.497 e. The van der Waals surface area contributed by atoms with Gasteiger partial charge in [-0.1, -0.05) is 50.2 Å². The van der Waals surface area contributed by atoms with Gasteiger partial charge in [-0.2, -0.15) is 5.10 Å². The van der Waals surface area contributed by atoms with Gasteiger partial charge in [0.1, 0.15) is 18.1 Å². The third-order valence-corrected chi connectivity index (χ3v) is 8.59. The first-order valence-electron chi connectivity index (χ1n) is 12.5. The van der Waals surface area contributed by atoms with Crippen LogP contribution >= 0.6 is 23.1 Å². The number of rotatable bonds is 8. The van der Waals surface area contributed by atoms with E-state index in [9.17, 15) is 9.59 Å². The summed E-state index contributed by atoms with van der Waals surface area (Å²) >= 11 is 3.24. The number of aromatic nitrogens is 2. The molecule has 4 aromatic rings. The Morgan fingerprint density at radius 1 is 1.11 bits per heavy atom. The van der Waals surface area contributed by atoms with E-state index < -0.39 is 0 Å². The first kappa shape index (κ1) is 26.1. The third kappa shape index (κ3) is 5.35. The van der Waals surface area contributed by atoms with Crippen LogP contribution in [0.5, 0.6) is 5.75 Å². The van der Waals surface area contributed by atoms with Crippen molar-refractivity contribution >= 4 is 40.7 Å². The number of fused-ring (bicyclic) bond motifs is 1. The average Bonchev–Trinajstić information content (AvgIpc) is 3.58. The standard InChI is InChI=1S/C29H30N4O3S2/c1-19(2)16-30-24(34)17-32-25(35)18-38-28(23-10-7-15-37-23)26-27(20-8-5-4-6-9-20)31-33(29(26)32)21-11-13-22(36-3)14-12-21/h4-15,19,28H,16-18H2,1-3H3,(H,30,34)/t28-/m0/s1. The van der Waals surface area contributed by atoms with Crippen LogP contribution in [0.1, 0.15) is 29.5 Å². The van der Waals surface area contributed by atoms with Crippen molar-refractivity contribution in [3.05, 3.63) is 82.6 Å². The first-order valence-corrected chi connectivity index (χ1v) is 14.4. The highest BCUT2D eigenvalue weighted by Crippen LogP contribution is 2.49. The van der Waals surface area contributed by atoms with Crippen molar-refractivity contribution in [3.63, 3.8) is 0 Å². The molecule has 0 bridgehead atoms. The lowest BCUT2D eigenvalue weighted by Gasteiger charge is -2.23. The number of hydrogen-bond acceptors (Lipinski definition) is 6. The van der Waals surface area contributed by atoms with Crippen LogP contribution in [0.3, 0.4) is 0 Å². The molecule has 1 aliphatic heterocycles. The number of hydrogen-bond donors (Lipinski definition) is 1. The molecule has 5 rings (SSSR count). The number of anilines is 1. The van der Waals surface area contributed by atoms with Crippen LogP contribution < -0.4 is 15.0 Å². The van der Waals surface area contributed by atoms with Gasteiger partial charge in [-0.15, -0.1) is 23.1 Å². The highest BCUT2D eigenvalue weighted by molar-refractivity contribution is 8.00. The van der Waals surface area contributed by atoms with Gasteiger partial charge in [0.15, 0.2) is 0 Å². The first-order chi connectivity index (χ1) is 18.5. The van der Waals surface area contributed by atoms with Crippen molar-refractivity contribution in [3.8, 4) is 22.7 Å². The number of thioether (sulfide) groups is 1. The molecular formula is C29H30N4O3S2. The molecule has 7 nitrogen and oxygen atoms in total. The Morgan fingerprint density at radius 3 is 2.53 bits per heavy atom. The summed E-state index contributed by atoms with van der Waals surface area (Å²) in [5.74, 6) is 1.60. The zero-order valence-electron chi connectivity index (χ0n) is 21.6. The van der Waals surface area contributed by atoms with Crippen LogP contribution in [0.2, 0.25) is 0 Å². The SMILES string of the molecule is COc1ccc(-n2nc(-c3ccccc3)c3c2N(CC(=O)NCC(C)C)C(=O)CS[C@H]3c2cccs2)cc1. The van der Waals surface area contributed by atoms with E-state index in [1.165, 1.54) is 0 Å². The molecule has 196 valence electrons. The molecule has 0 saturated carbocycles. The van der Waals surface area contributed by atoms with Crippen LogP contribution in [-0.4, -0.2) is 47.5 Å². The van der Waals surface area contributed by atoms with Crippen molar-refractivity contribution < 1.29 is 14.3 Å². The summed E-state index contributed by atoms with van der Waals surface area (Å²) in [6, 6.07) is 21.7. The Morgan fingerprint density at radius 2 is 1.87 bits per heavy atom. The van der Waals surface area contributed by atoms with Crippen LogP contribution in [0.4, 0.5) is 5.82 Å². The van der Waals surface area contributed by atoms with E-state index in [0.29, 0.717) is 18.3 Å². The van der Waals surface area contributed by atoms with Crippen molar-refractivity contribution in [2.75, 3.05) is 30.9 Å². The van der Waals surface area contributed by atoms with E-state index in [2.05, 4.69) is 16.8 Å². The van der Waals surface area contributed by atoms with Gasteiger partial charge < -0.3 is 10.1 Å². The Kier molecular flexibility index (Phi) is 7.85. The number of nitrogens with zero attached hydrogens (tertiary/aromatic N) is 3. The summed E-state index contributed by atoms with van der Waals surface area (Å²) in [6.07, 6.45) is 0. The van der Waals surface area contributed by atoms with E-state index in [1.54, 1.807) is 39.8 Å². The molecule has 2 aromatic carbocycles. The van der Waals surface area contributed by atoms with Gasteiger partial charge in [0.2, 0.25) is 11.8 Å². The Labute approximate surface area is 230 Å². The summed E-state index contributed by atoms with van der Waals surface area (Å²) in [4.78, 5) is 29.5. The number of methoxy groups -OCH3 is 1. The van der Waals surface area contributed by atoms with Gasteiger partial charge in [0.05, 0.1) is 29.5 Å². The number of amides is 2. The fourth-order valence-corrected chi connectivity index (χ4v) is 6.59. The monoisotopic (exact) mass is 546 g/mol.